The average molecular weight is 255 g/mol. The molecule has 0 fully saturated rings. The number of carbonyl (C=O) groups is 1. The average Bonchev–Trinajstić information content (AvgIpc) is 2.13. The summed E-state index contributed by atoms with van der Waals surface area (Å²) in [5.41, 5.74) is -0.478. The lowest BCUT2D eigenvalue weighted by Crippen LogP contribution is -2.12. The molecule has 0 atom stereocenters. The predicted molar refractivity (Wildman–Crippen MR) is 51.0 cm³/mol. The van der Waals surface area contributed by atoms with Gasteiger partial charge < -0.3 is 0 Å². The monoisotopic (exact) mass is 254 g/mol. The summed E-state index contributed by atoms with van der Waals surface area (Å²) in [6.07, 6.45) is -6.52. The van der Waals surface area contributed by atoms with Gasteiger partial charge in [-0.1, -0.05) is 17.7 Å². The largest absolute Gasteiger partial charge is 0.389 e. The van der Waals surface area contributed by atoms with Gasteiger partial charge >= 0.3 is 6.18 Å². The van der Waals surface area contributed by atoms with Gasteiger partial charge in [0.05, 0.1) is 17.0 Å². The molecule has 0 aliphatic carbocycles. The molecule has 1 aromatic rings. The highest BCUT2D eigenvalue weighted by Crippen LogP contribution is 2.25. The lowest BCUT2D eigenvalue weighted by Gasteiger charge is -2.07. The molecule has 0 N–H and O–H groups in total. The molecule has 0 heterocycles. The molecule has 0 spiro atoms. The second-order valence-electron chi connectivity index (χ2n) is 3.14. The number of rotatable bonds is 3. The number of hydrogen-bond acceptors (Lipinski definition) is 1. The Morgan fingerprint density at radius 2 is 1.94 bits per heavy atom. The van der Waals surface area contributed by atoms with Crippen molar-refractivity contribution in [1.29, 1.82) is 0 Å². The molecule has 0 unspecified atom stereocenters. The van der Waals surface area contributed by atoms with Crippen LogP contribution < -0.4 is 0 Å². The molecule has 0 aliphatic heterocycles. The number of ketones is 1. The molecule has 0 aliphatic rings. The molecule has 1 nitrogen and oxygen atoms in total. The molecule has 16 heavy (non-hydrogen) atoms. The van der Waals surface area contributed by atoms with Gasteiger partial charge in [-0.05, 0) is 12.1 Å². The molecule has 0 amide bonds. The first-order chi connectivity index (χ1) is 7.31. The normalized spacial score (nSPS) is 11.6. The van der Waals surface area contributed by atoms with E-state index < -0.39 is 36.2 Å². The summed E-state index contributed by atoms with van der Waals surface area (Å²) in [5.74, 6) is -1.85. The first-order valence-electron chi connectivity index (χ1n) is 4.35. The van der Waals surface area contributed by atoms with Crippen molar-refractivity contribution < 1.29 is 22.4 Å². The van der Waals surface area contributed by atoms with E-state index in [-0.39, 0.29) is 5.02 Å². The molecule has 0 aromatic heterocycles. The minimum atomic E-state index is -4.44. The maximum Gasteiger partial charge on any atom is 0.389 e. The fraction of sp³-hybridized carbons (Fsp3) is 0.300. The molecule has 1 rings (SSSR count). The summed E-state index contributed by atoms with van der Waals surface area (Å²) < 4.78 is 48.7. The van der Waals surface area contributed by atoms with E-state index in [0.29, 0.717) is 0 Å². The van der Waals surface area contributed by atoms with Crippen LogP contribution in [-0.4, -0.2) is 12.0 Å². The highest BCUT2D eigenvalue weighted by atomic mass is 35.5. The summed E-state index contributed by atoms with van der Waals surface area (Å²) in [5, 5.41) is -0.174. The van der Waals surface area contributed by atoms with Crippen LogP contribution in [0.3, 0.4) is 0 Å². The van der Waals surface area contributed by atoms with Gasteiger partial charge in [0.1, 0.15) is 5.82 Å². The lowest BCUT2D eigenvalue weighted by atomic mass is 10.1. The molecular formula is C10H7ClF4O. The Hall–Kier alpha value is -1.10. The van der Waals surface area contributed by atoms with E-state index in [1.54, 1.807) is 0 Å². The van der Waals surface area contributed by atoms with Crippen LogP contribution in [0.25, 0.3) is 0 Å². The summed E-state index contributed by atoms with van der Waals surface area (Å²) in [7, 11) is 0. The zero-order valence-corrected chi connectivity index (χ0v) is 8.70. The Kier molecular flexibility index (Phi) is 3.91. The van der Waals surface area contributed by atoms with Gasteiger partial charge in [0.2, 0.25) is 0 Å². The van der Waals surface area contributed by atoms with Crippen LogP contribution in [0, 0.1) is 5.82 Å². The Bertz CT molecular complexity index is 380. The number of benzene rings is 1. The maximum absolute atomic E-state index is 13.1. The van der Waals surface area contributed by atoms with Crippen molar-refractivity contribution in [3.8, 4) is 0 Å². The minimum Gasteiger partial charge on any atom is -0.294 e. The summed E-state index contributed by atoms with van der Waals surface area (Å²) in [6, 6.07) is 3.51. The zero-order valence-electron chi connectivity index (χ0n) is 7.94. The SMILES string of the molecule is O=C(CCC(F)(F)F)c1c(F)cccc1Cl. The van der Waals surface area contributed by atoms with E-state index in [2.05, 4.69) is 0 Å². The van der Waals surface area contributed by atoms with Crippen LogP contribution in [0.5, 0.6) is 0 Å². The van der Waals surface area contributed by atoms with Crippen LogP contribution in [0.15, 0.2) is 18.2 Å². The molecule has 88 valence electrons. The van der Waals surface area contributed by atoms with E-state index in [9.17, 15) is 22.4 Å². The molecule has 6 heteroatoms. The van der Waals surface area contributed by atoms with Crippen LogP contribution in [0.2, 0.25) is 5.02 Å². The highest BCUT2D eigenvalue weighted by molar-refractivity contribution is 6.34. The minimum absolute atomic E-state index is 0.174. The fourth-order valence-corrected chi connectivity index (χ4v) is 1.41. The maximum atomic E-state index is 13.1. The first-order valence-corrected chi connectivity index (χ1v) is 4.73. The smallest absolute Gasteiger partial charge is 0.294 e. The Labute approximate surface area is 94.0 Å². The lowest BCUT2D eigenvalue weighted by molar-refractivity contribution is -0.133. The van der Waals surface area contributed by atoms with Gasteiger partial charge in [-0.2, -0.15) is 13.2 Å². The van der Waals surface area contributed by atoms with Crippen molar-refractivity contribution in [1.82, 2.24) is 0 Å². The van der Waals surface area contributed by atoms with E-state index in [0.717, 1.165) is 6.07 Å². The number of halogens is 5. The van der Waals surface area contributed by atoms with Gasteiger partial charge in [0, 0.05) is 6.42 Å². The zero-order chi connectivity index (χ0) is 12.3. The van der Waals surface area contributed by atoms with Crippen LogP contribution in [-0.2, 0) is 0 Å². The second kappa shape index (κ2) is 4.82. The summed E-state index contributed by atoms with van der Waals surface area (Å²) in [6.45, 7) is 0. The van der Waals surface area contributed by atoms with Gasteiger partial charge in [0.25, 0.3) is 0 Å². The third-order valence-corrected chi connectivity index (χ3v) is 2.19. The van der Waals surface area contributed by atoms with Crippen molar-refractivity contribution in [2.45, 2.75) is 19.0 Å². The van der Waals surface area contributed by atoms with Crippen molar-refractivity contribution in [2.24, 2.45) is 0 Å². The van der Waals surface area contributed by atoms with Crippen molar-refractivity contribution in [2.75, 3.05) is 0 Å². The van der Waals surface area contributed by atoms with Crippen molar-refractivity contribution in [3.63, 3.8) is 0 Å². The third-order valence-electron chi connectivity index (χ3n) is 1.88. The topological polar surface area (TPSA) is 17.1 Å². The second-order valence-corrected chi connectivity index (χ2v) is 3.54. The molecule has 0 bridgehead atoms. The highest BCUT2D eigenvalue weighted by Gasteiger charge is 2.29. The van der Waals surface area contributed by atoms with Gasteiger partial charge in [-0.25, -0.2) is 4.39 Å². The molecule has 1 aromatic carbocycles. The van der Waals surface area contributed by atoms with Crippen molar-refractivity contribution >= 4 is 17.4 Å². The van der Waals surface area contributed by atoms with E-state index >= 15 is 0 Å². The van der Waals surface area contributed by atoms with Gasteiger partial charge in [-0.3, -0.25) is 4.79 Å². The Balaban J connectivity index is 2.81. The molecule has 0 saturated heterocycles. The molecule has 0 radical (unpaired) electrons. The third kappa shape index (κ3) is 3.48. The van der Waals surface area contributed by atoms with Gasteiger partial charge in [0.15, 0.2) is 5.78 Å². The van der Waals surface area contributed by atoms with Crippen LogP contribution >= 0.6 is 11.6 Å². The number of carbonyl (C=O) groups excluding carboxylic acids is 1. The first kappa shape index (κ1) is 13.0. The number of hydrogen-bond donors (Lipinski definition) is 0. The molecular weight excluding hydrogens is 248 g/mol. The Morgan fingerprint density at radius 3 is 2.44 bits per heavy atom. The molecule has 0 saturated carbocycles. The summed E-state index contributed by atoms with van der Waals surface area (Å²) in [4.78, 5) is 11.3. The van der Waals surface area contributed by atoms with E-state index in [4.69, 9.17) is 11.6 Å². The van der Waals surface area contributed by atoms with Crippen molar-refractivity contribution in [3.05, 3.63) is 34.6 Å². The standard InChI is InChI=1S/C10H7ClF4O/c11-6-2-1-3-7(12)9(6)8(16)4-5-10(13,14)15/h1-3H,4-5H2. The number of alkyl halides is 3. The van der Waals surface area contributed by atoms with Gasteiger partial charge in [-0.15, -0.1) is 0 Å². The van der Waals surface area contributed by atoms with Crippen LogP contribution in [0.1, 0.15) is 23.2 Å². The predicted octanol–water partition coefficient (Wildman–Crippen LogP) is 4.00. The fourth-order valence-electron chi connectivity index (χ4n) is 1.14. The van der Waals surface area contributed by atoms with E-state index in [1.165, 1.54) is 12.1 Å². The summed E-state index contributed by atoms with van der Waals surface area (Å²) >= 11 is 5.53. The number of Topliss-reactive ketones (excluding diaryl/α,β-unsaturated/α-hetero) is 1. The quantitative estimate of drug-likeness (QED) is 0.588. The van der Waals surface area contributed by atoms with E-state index in [1.807, 2.05) is 0 Å². The van der Waals surface area contributed by atoms with Crippen LogP contribution in [0.4, 0.5) is 17.6 Å². The Morgan fingerprint density at radius 1 is 1.31 bits per heavy atom.